The molecule has 17 heavy (non-hydrogen) atoms. The van der Waals surface area contributed by atoms with Gasteiger partial charge in [0.25, 0.3) is 0 Å². The predicted molar refractivity (Wildman–Crippen MR) is 65.5 cm³/mol. The average molecular weight is 263 g/mol. The molecule has 0 aromatic rings. The van der Waals surface area contributed by atoms with Crippen molar-refractivity contribution in [3.8, 4) is 0 Å². The average Bonchev–Trinajstić information content (AvgIpc) is 2.24. The van der Waals surface area contributed by atoms with Gasteiger partial charge in [0.05, 0.1) is 24.0 Å². The van der Waals surface area contributed by atoms with Crippen LogP contribution in [0.2, 0.25) is 0 Å². The second kappa shape index (κ2) is 5.35. The topological polar surface area (TPSA) is 72.5 Å². The number of methoxy groups -OCH3 is 1. The Morgan fingerprint density at radius 1 is 1.47 bits per heavy atom. The van der Waals surface area contributed by atoms with Crippen LogP contribution in [0.1, 0.15) is 26.7 Å². The second-order valence-electron chi connectivity index (χ2n) is 5.21. The van der Waals surface area contributed by atoms with Crippen LogP contribution < -0.4 is 5.32 Å². The van der Waals surface area contributed by atoms with Crippen LogP contribution in [0.4, 0.5) is 0 Å². The van der Waals surface area contributed by atoms with Gasteiger partial charge in [-0.25, -0.2) is 8.42 Å². The van der Waals surface area contributed by atoms with Crippen LogP contribution in [0.15, 0.2) is 0 Å². The lowest BCUT2D eigenvalue weighted by Crippen LogP contribution is -2.46. The fourth-order valence-electron chi connectivity index (χ4n) is 1.93. The molecule has 1 atom stereocenters. The van der Waals surface area contributed by atoms with Gasteiger partial charge < -0.3 is 10.1 Å². The molecular weight excluding hydrogens is 242 g/mol. The standard InChI is InChI=1S/C11H21NO4S/c1-11(2,10(13)16-3)8-12-9-5-4-6-17(14,15)7-9/h9,12H,4-8H2,1-3H3. The van der Waals surface area contributed by atoms with Crippen molar-refractivity contribution in [2.24, 2.45) is 5.41 Å². The summed E-state index contributed by atoms with van der Waals surface area (Å²) in [5, 5.41) is 3.15. The lowest BCUT2D eigenvalue weighted by Gasteiger charge is -2.28. The quantitative estimate of drug-likeness (QED) is 0.741. The zero-order valence-corrected chi connectivity index (χ0v) is 11.5. The van der Waals surface area contributed by atoms with Crippen LogP contribution in [-0.2, 0) is 19.4 Å². The molecule has 1 unspecified atom stereocenters. The van der Waals surface area contributed by atoms with E-state index in [2.05, 4.69) is 5.32 Å². The summed E-state index contributed by atoms with van der Waals surface area (Å²) in [6.07, 6.45) is 1.54. The molecule has 0 aromatic carbocycles. The smallest absolute Gasteiger partial charge is 0.312 e. The van der Waals surface area contributed by atoms with E-state index in [0.717, 1.165) is 6.42 Å². The van der Waals surface area contributed by atoms with E-state index in [-0.39, 0.29) is 23.5 Å². The van der Waals surface area contributed by atoms with Crippen LogP contribution in [0.3, 0.4) is 0 Å². The molecule has 0 spiro atoms. The highest BCUT2D eigenvalue weighted by atomic mass is 32.2. The number of rotatable bonds is 4. The van der Waals surface area contributed by atoms with Gasteiger partial charge in [-0.05, 0) is 26.7 Å². The Labute approximate surface area is 103 Å². The minimum atomic E-state index is -2.90. The molecule has 0 amide bonds. The van der Waals surface area contributed by atoms with Gasteiger partial charge in [-0.3, -0.25) is 4.79 Å². The lowest BCUT2D eigenvalue weighted by molar-refractivity contribution is -0.150. The molecule has 0 aliphatic carbocycles. The van der Waals surface area contributed by atoms with Gasteiger partial charge in [-0.2, -0.15) is 0 Å². The van der Waals surface area contributed by atoms with Crippen LogP contribution in [0.5, 0.6) is 0 Å². The summed E-state index contributed by atoms with van der Waals surface area (Å²) in [7, 11) is -1.55. The zero-order valence-electron chi connectivity index (χ0n) is 10.7. The van der Waals surface area contributed by atoms with Crippen LogP contribution in [0.25, 0.3) is 0 Å². The normalized spacial score (nSPS) is 24.3. The van der Waals surface area contributed by atoms with E-state index >= 15 is 0 Å². The molecule has 1 aliphatic heterocycles. The molecule has 1 aliphatic rings. The van der Waals surface area contributed by atoms with E-state index in [1.807, 2.05) is 0 Å². The van der Waals surface area contributed by atoms with E-state index in [1.54, 1.807) is 13.8 Å². The van der Waals surface area contributed by atoms with Crippen molar-refractivity contribution in [2.75, 3.05) is 25.2 Å². The predicted octanol–water partition coefficient (Wildman–Crippen LogP) is 0.352. The van der Waals surface area contributed by atoms with Crippen molar-refractivity contribution < 1.29 is 17.9 Å². The number of carbonyl (C=O) groups is 1. The summed E-state index contributed by atoms with van der Waals surface area (Å²) in [4.78, 5) is 11.5. The van der Waals surface area contributed by atoms with E-state index in [1.165, 1.54) is 7.11 Å². The number of sulfone groups is 1. The van der Waals surface area contributed by atoms with Crippen LogP contribution in [-0.4, -0.2) is 45.6 Å². The first-order chi connectivity index (χ1) is 7.77. The first-order valence-corrected chi connectivity index (χ1v) is 7.61. The van der Waals surface area contributed by atoms with Crippen molar-refractivity contribution in [2.45, 2.75) is 32.7 Å². The summed E-state index contributed by atoms with van der Waals surface area (Å²) in [6.45, 7) is 3.99. The van der Waals surface area contributed by atoms with E-state index in [0.29, 0.717) is 13.0 Å². The second-order valence-corrected chi connectivity index (χ2v) is 7.44. The van der Waals surface area contributed by atoms with Crippen LogP contribution in [0, 0.1) is 5.41 Å². The fourth-order valence-corrected chi connectivity index (χ4v) is 3.60. The van der Waals surface area contributed by atoms with Gasteiger partial charge in [-0.15, -0.1) is 0 Å². The van der Waals surface area contributed by atoms with E-state index in [9.17, 15) is 13.2 Å². The molecule has 5 nitrogen and oxygen atoms in total. The maximum atomic E-state index is 11.5. The van der Waals surface area contributed by atoms with Gasteiger partial charge in [0.15, 0.2) is 9.84 Å². The van der Waals surface area contributed by atoms with Gasteiger partial charge in [0, 0.05) is 12.6 Å². The summed E-state index contributed by atoms with van der Waals surface area (Å²) in [5.74, 6) is 0.166. The highest BCUT2D eigenvalue weighted by molar-refractivity contribution is 7.91. The number of hydrogen-bond acceptors (Lipinski definition) is 5. The third-order valence-electron chi connectivity index (χ3n) is 3.03. The molecule has 1 heterocycles. The highest BCUT2D eigenvalue weighted by Gasteiger charge is 2.31. The Kier molecular flexibility index (Phi) is 4.55. The molecular formula is C11H21NO4S. The summed E-state index contributed by atoms with van der Waals surface area (Å²) in [5.41, 5.74) is -0.629. The number of hydrogen-bond donors (Lipinski definition) is 1. The number of ether oxygens (including phenoxy) is 1. The Balaban J connectivity index is 2.48. The summed E-state index contributed by atoms with van der Waals surface area (Å²) < 4.78 is 27.6. The van der Waals surface area contributed by atoms with Gasteiger partial charge in [0.1, 0.15) is 0 Å². The molecule has 0 radical (unpaired) electrons. The monoisotopic (exact) mass is 263 g/mol. The Bertz CT molecular complexity index is 375. The molecule has 1 N–H and O–H groups in total. The lowest BCUT2D eigenvalue weighted by atomic mass is 9.93. The Hall–Kier alpha value is -0.620. The van der Waals surface area contributed by atoms with Crippen molar-refractivity contribution in [1.82, 2.24) is 5.32 Å². The first kappa shape index (κ1) is 14.4. The maximum Gasteiger partial charge on any atom is 0.312 e. The summed E-state index contributed by atoms with van der Waals surface area (Å²) in [6, 6.07) is -0.0438. The molecule has 0 saturated carbocycles. The zero-order chi connectivity index (χ0) is 13.1. The fraction of sp³-hybridized carbons (Fsp3) is 0.909. The van der Waals surface area contributed by atoms with Crippen molar-refractivity contribution in [1.29, 1.82) is 0 Å². The number of carbonyl (C=O) groups excluding carboxylic acids is 1. The highest BCUT2D eigenvalue weighted by Crippen LogP contribution is 2.18. The maximum absolute atomic E-state index is 11.5. The third kappa shape index (κ3) is 4.27. The molecule has 100 valence electrons. The van der Waals surface area contributed by atoms with Gasteiger partial charge >= 0.3 is 5.97 Å². The molecule has 6 heteroatoms. The Morgan fingerprint density at radius 3 is 2.65 bits per heavy atom. The third-order valence-corrected chi connectivity index (χ3v) is 4.85. The minimum Gasteiger partial charge on any atom is -0.469 e. The van der Waals surface area contributed by atoms with E-state index < -0.39 is 15.3 Å². The minimum absolute atomic E-state index is 0.0438. The largest absolute Gasteiger partial charge is 0.469 e. The van der Waals surface area contributed by atoms with Crippen molar-refractivity contribution >= 4 is 15.8 Å². The van der Waals surface area contributed by atoms with Gasteiger partial charge in [0.2, 0.25) is 0 Å². The van der Waals surface area contributed by atoms with Crippen molar-refractivity contribution in [3.63, 3.8) is 0 Å². The van der Waals surface area contributed by atoms with Crippen molar-refractivity contribution in [3.05, 3.63) is 0 Å². The molecule has 1 rings (SSSR count). The van der Waals surface area contributed by atoms with Crippen LogP contribution >= 0.6 is 0 Å². The van der Waals surface area contributed by atoms with Gasteiger partial charge in [-0.1, -0.05) is 0 Å². The number of nitrogens with one attached hydrogen (secondary N) is 1. The summed E-state index contributed by atoms with van der Waals surface area (Å²) >= 11 is 0. The Morgan fingerprint density at radius 2 is 2.12 bits per heavy atom. The number of esters is 1. The molecule has 1 fully saturated rings. The SMILES string of the molecule is COC(=O)C(C)(C)CNC1CCCS(=O)(=O)C1. The van der Waals surface area contributed by atoms with E-state index in [4.69, 9.17) is 4.74 Å². The molecule has 0 aromatic heterocycles. The molecule has 0 bridgehead atoms. The first-order valence-electron chi connectivity index (χ1n) is 5.79. The molecule has 1 saturated heterocycles.